The van der Waals surface area contributed by atoms with Crippen molar-refractivity contribution in [3.63, 3.8) is 0 Å². The molecular weight excluding hydrogens is 303 g/mol. The molecule has 94 valence electrons. The SMILES string of the molecule is NCc1ccc(C(=O)Nc2ccc(Br)c(F)c2)o1. The van der Waals surface area contributed by atoms with E-state index in [1.165, 1.54) is 18.2 Å². The molecule has 0 bridgehead atoms. The molecule has 2 aromatic rings. The Morgan fingerprint density at radius 3 is 2.78 bits per heavy atom. The molecule has 0 spiro atoms. The summed E-state index contributed by atoms with van der Waals surface area (Å²) in [6, 6.07) is 7.45. The Bertz CT molecular complexity index is 583. The first kappa shape index (κ1) is 12.8. The second-order valence-electron chi connectivity index (χ2n) is 3.55. The molecule has 1 aromatic carbocycles. The molecule has 6 heteroatoms. The van der Waals surface area contributed by atoms with Gasteiger partial charge in [0.15, 0.2) is 5.76 Å². The van der Waals surface area contributed by atoms with Crippen LogP contribution in [0.5, 0.6) is 0 Å². The molecule has 0 saturated carbocycles. The first-order chi connectivity index (χ1) is 8.60. The number of rotatable bonds is 3. The number of hydrogen-bond donors (Lipinski definition) is 2. The highest BCUT2D eigenvalue weighted by molar-refractivity contribution is 9.10. The Labute approximate surface area is 111 Å². The van der Waals surface area contributed by atoms with Crippen molar-refractivity contribution < 1.29 is 13.6 Å². The predicted octanol–water partition coefficient (Wildman–Crippen LogP) is 2.89. The first-order valence-electron chi connectivity index (χ1n) is 5.15. The maximum Gasteiger partial charge on any atom is 0.291 e. The average molecular weight is 313 g/mol. The largest absolute Gasteiger partial charge is 0.455 e. The number of nitrogens with one attached hydrogen (secondary N) is 1. The quantitative estimate of drug-likeness (QED) is 0.915. The van der Waals surface area contributed by atoms with Crippen molar-refractivity contribution in [2.45, 2.75) is 6.54 Å². The predicted molar refractivity (Wildman–Crippen MR) is 68.7 cm³/mol. The second kappa shape index (κ2) is 5.32. The van der Waals surface area contributed by atoms with Gasteiger partial charge in [0, 0.05) is 5.69 Å². The number of furan rings is 1. The molecule has 1 aromatic heterocycles. The van der Waals surface area contributed by atoms with Gasteiger partial charge in [-0.1, -0.05) is 0 Å². The van der Waals surface area contributed by atoms with E-state index in [2.05, 4.69) is 21.2 Å². The Balaban J connectivity index is 2.13. The van der Waals surface area contributed by atoms with Gasteiger partial charge in [-0.05, 0) is 46.3 Å². The van der Waals surface area contributed by atoms with Gasteiger partial charge in [0.25, 0.3) is 5.91 Å². The highest BCUT2D eigenvalue weighted by atomic mass is 79.9. The van der Waals surface area contributed by atoms with Crippen LogP contribution < -0.4 is 11.1 Å². The van der Waals surface area contributed by atoms with Gasteiger partial charge >= 0.3 is 0 Å². The van der Waals surface area contributed by atoms with Crippen LogP contribution in [0.4, 0.5) is 10.1 Å². The molecule has 0 unspecified atom stereocenters. The standard InChI is InChI=1S/C12H10BrFN2O2/c13-9-3-1-7(5-10(9)14)16-12(17)11-4-2-8(6-15)18-11/h1-5H,6,15H2,(H,16,17). The lowest BCUT2D eigenvalue weighted by Gasteiger charge is -2.04. The van der Waals surface area contributed by atoms with Gasteiger partial charge in [-0.2, -0.15) is 0 Å². The number of amides is 1. The zero-order valence-corrected chi connectivity index (χ0v) is 10.8. The summed E-state index contributed by atoms with van der Waals surface area (Å²) in [7, 11) is 0. The molecule has 0 atom stereocenters. The normalized spacial score (nSPS) is 10.4. The highest BCUT2D eigenvalue weighted by Gasteiger charge is 2.11. The lowest BCUT2D eigenvalue weighted by atomic mass is 10.3. The fourth-order valence-electron chi connectivity index (χ4n) is 1.38. The van der Waals surface area contributed by atoms with E-state index in [1.807, 2.05) is 0 Å². The topological polar surface area (TPSA) is 68.3 Å². The number of halogens is 2. The third-order valence-corrected chi connectivity index (χ3v) is 2.91. The molecule has 0 aliphatic carbocycles. The summed E-state index contributed by atoms with van der Waals surface area (Å²) >= 11 is 3.03. The molecule has 0 aliphatic rings. The van der Waals surface area contributed by atoms with E-state index < -0.39 is 11.7 Å². The van der Waals surface area contributed by atoms with Gasteiger partial charge < -0.3 is 15.5 Å². The number of carbonyl (C=O) groups is 1. The minimum absolute atomic E-state index is 0.138. The maximum absolute atomic E-state index is 13.3. The lowest BCUT2D eigenvalue weighted by molar-refractivity contribution is 0.0995. The van der Waals surface area contributed by atoms with Gasteiger partial charge in [0.2, 0.25) is 0 Å². The number of hydrogen-bond acceptors (Lipinski definition) is 3. The molecule has 4 nitrogen and oxygen atoms in total. The third-order valence-electron chi connectivity index (χ3n) is 2.26. The number of benzene rings is 1. The van der Waals surface area contributed by atoms with E-state index >= 15 is 0 Å². The molecule has 18 heavy (non-hydrogen) atoms. The minimum atomic E-state index is -0.449. The summed E-state index contributed by atoms with van der Waals surface area (Å²) in [5.41, 5.74) is 5.73. The molecule has 3 N–H and O–H groups in total. The van der Waals surface area contributed by atoms with Crippen LogP contribution in [0.3, 0.4) is 0 Å². The fraction of sp³-hybridized carbons (Fsp3) is 0.0833. The first-order valence-corrected chi connectivity index (χ1v) is 5.94. The Morgan fingerprint density at radius 1 is 1.39 bits per heavy atom. The number of anilines is 1. The van der Waals surface area contributed by atoms with E-state index in [4.69, 9.17) is 10.2 Å². The van der Waals surface area contributed by atoms with Gasteiger partial charge in [-0.3, -0.25) is 4.79 Å². The summed E-state index contributed by atoms with van der Waals surface area (Å²) in [6.07, 6.45) is 0. The van der Waals surface area contributed by atoms with Crippen LogP contribution in [0.25, 0.3) is 0 Å². The van der Waals surface area contributed by atoms with E-state index in [1.54, 1.807) is 12.1 Å². The smallest absolute Gasteiger partial charge is 0.291 e. The van der Waals surface area contributed by atoms with Crippen LogP contribution in [0.2, 0.25) is 0 Å². The molecule has 0 radical (unpaired) electrons. The number of nitrogens with two attached hydrogens (primary N) is 1. The Kier molecular flexibility index (Phi) is 3.78. The second-order valence-corrected chi connectivity index (χ2v) is 4.41. The fourth-order valence-corrected chi connectivity index (χ4v) is 1.62. The van der Waals surface area contributed by atoms with Gasteiger partial charge in [0.1, 0.15) is 11.6 Å². The Hall–Kier alpha value is -1.66. The summed E-state index contributed by atoms with van der Waals surface area (Å²) in [6.45, 7) is 0.222. The molecule has 1 heterocycles. The van der Waals surface area contributed by atoms with Crippen molar-refractivity contribution in [1.29, 1.82) is 0 Å². The summed E-state index contributed by atoms with van der Waals surface area (Å²) in [5.74, 6) is -0.243. The number of carbonyl (C=O) groups excluding carboxylic acids is 1. The van der Waals surface area contributed by atoms with Gasteiger partial charge in [-0.25, -0.2) is 4.39 Å². The molecule has 2 rings (SSSR count). The zero-order chi connectivity index (χ0) is 13.1. The minimum Gasteiger partial charge on any atom is -0.455 e. The van der Waals surface area contributed by atoms with Crippen molar-refractivity contribution >= 4 is 27.5 Å². The summed E-state index contributed by atoms with van der Waals surface area (Å²) in [4.78, 5) is 11.8. The highest BCUT2D eigenvalue weighted by Crippen LogP contribution is 2.20. The summed E-state index contributed by atoms with van der Waals surface area (Å²) in [5, 5.41) is 2.53. The monoisotopic (exact) mass is 312 g/mol. The average Bonchev–Trinajstić information content (AvgIpc) is 2.82. The van der Waals surface area contributed by atoms with Crippen LogP contribution in [-0.2, 0) is 6.54 Å². The van der Waals surface area contributed by atoms with Gasteiger partial charge in [0.05, 0.1) is 11.0 Å². The summed E-state index contributed by atoms with van der Waals surface area (Å²) < 4.78 is 18.8. The van der Waals surface area contributed by atoms with Crippen molar-refractivity contribution in [1.82, 2.24) is 0 Å². The van der Waals surface area contributed by atoms with E-state index in [9.17, 15) is 9.18 Å². The Morgan fingerprint density at radius 2 is 2.17 bits per heavy atom. The van der Waals surface area contributed by atoms with Crippen LogP contribution in [0.15, 0.2) is 39.2 Å². The molecule has 1 amide bonds. The van der Waals surface area contributed by atoms with Crippen LogP contribution in [0, 0.1) is 5.82 Å². The van der Waals surface area contributed by atoms with Crippen LogP contribution in [-0.4, -0.2) is 5.91 Å². The maximum atomic E-state index is 13.3. The van der Waals surface area contributed by atoms with Crippen molar-refractivity contribution in [2.75, 3.05) is 5.32 Å². The van der Waals surface area contributed by atoms with Crippen molar-refractivity contribution in [3.05, 3.63) is 52.1 Å². The van der Waals surface area contributed by atoms with E-state index in [0.29, 0.717) is 15.9 Å². The van der Waals surface area contributed by atoms with Gasteiger partial charge in [-0.15, -0.1) is 0 Å². The van der Waals surface area contributed by atoms with Crippen molar-refractivity contribution in [2.24, 2.45) is 5.73 Å². The van der Waals surface area contributed by atoms with Crippen LogP contribution >= 0.6 is 15.9 Å². The molecule has 0 aliphatic heterocycles. The van der Waals surface area contributed by atoms with Crippen molar-refractivity contribution in [3.8, 4) is 0 Å². The molecular formula is C12H10BrFN2O2. The molecule has 0 saturated heterocycles. The molecule has 0 fully saturated rings. The lowest BCUT2D eigenvalue weighted by Crippen LogP contribution is -2.11. The third kappa shape index (κ3) is 2.77. The van der Waals surface area contributed by atoms with E-state index in [0.717, 1.165) is 0 Å². The van der Waals surface area contributed by atoms with Crippen LogP contribution in [0.1, 0.15) is 16.3 Å². The zero-order valence-electron chi connectivity index (χ0n) is 9.24. The van der Waals surface area contributed by atoms with E-state index in [-0.39, 0.29) is 12.3 Å².